The summed E-state index contributed by atoms with van der Waals surface area (Å²) in [5.74, 6) is -0.934. The van der Waals surface area contributed by atoms with E-state index in [0.29, 0.717) is 13.0 Å². The van der Waals surface area contributed by atoms with Crippen LogP contribution in [0.5, 0.6) is 0 Å². The van der Waals surface area contributed by atoms with Crippen LogP contribution in [0.3, 0.4) is 0 Å². The molecule has 0 saturated heterocycles. The van der Waals surface area contributed by atoms with Gasteiger partial charge in [0.2, 0.25) is 0 Å². The normalized spacial score (nSPS) is 18.7. The summed E-state index contributed by atoms with van der Waals surface area (Å²) in [7, 11) is -16.7. The van der Waals surface area contributed by atoms with Gasteiger partial charge < -0.3 is 38.8 Å². The number of aliphatic hydroxyl groups excluding tert-OH is 1. The Morgan fingerprint density at radius 2 is 1.77 bits per heavy atom. The van der Waals surface area contributed by atoms with Gasteiger partial charge in [-0.1, -0.05) is 31.6 Å². The maximum absolute atomic E-state index is 14.7. The molecule has 31 heavy (non-hydrogen) atoms. The molecule has 0 radical (unpaired) electrons. The van der Waals surface area contributed by atoms with Crippen molar-refractivity contribution in [1.29, 1.82) is 0 Å². The van der Waals surface area contributed by atoms with Crippen LogP contribution >= 0.6 is 47.9 Å². The third kappa shape index (κ3) is 11.6. The molecule has 0 amide bonds. The smallest absolute Gasteiger partial charge is 0.457 e. The molecule has 13 nitrogen and oxygen atoms in total. The number of hydrogen-bond acceptors (Lipinski definition) is 9. The molecular weight excluding hydrogens is 757 g/mol. The second-order valence-corrected chi connectivity index (χ2v) is 10.7. The van der Waals surface area contributed by atoms with Gasteiger partial charge in [-0.15, -0.1) is 12.2 Å². The predicted octanol–water partition coefficient (Wildman–Crippen LogP) is 2.06. The molecule has 0 saturated carbocycles. The molecule has 1 rings (SSSR count). The number of nitrogens with zero attached hydrogens (tertiary/aromatic N) is 1. The molecule has 1 aromatic rings. The fraction of sp³-hybridized carbons (Fsp3) is 0.400. The molecule has 21 heteroatoms. The quantitative estimate of drug-likeness (QED) is 0.109. The van der Waals surface area contributed by atoms with Crippen molar-refractivity contribution in [1.82, 2.24) is 9.55 Å². The summed E-state index contributed by atoms with van der Waals surface area (Å²) >= 11 is 9.44. The molecule has 3 unspecified atom stereocenters. The van der Waals surface area contributed by atoms with Crippen molar-refractivity contribution < 1.29 is 91.4 Å². The van der Waals surface area contributed by atoms with E-state index in [1.807, 2.05) is 0 Å². The van der Waals surface area contributed by atoms with E-state index in [1.54, 1.807) is 0 Å². The van der Waals surface area contributed by atoms with Gasteiger partial charge in [0.25, 0.3) is 0 Å². The van der Waals surface area contributed by atoms with E-state index < -0.39 is 47.7 Å². The zero-order chi connectivity index (χ0) is 23.5. The molecule has 176 valence electrons. The molecule has 0 bridgehead atoms. The van der Waals surface area contributed by atoms with Crippen LogP contribution in [0.4, 0.5) is 8.78 Å². The number of aliphatic hydroxyl groups is 1. The fourth-order valence-electron chi connectivity index (χ4n) is 1.67. The summed E-state index contributed by atoms with van der Waals surface area (Å²) in [6.45, 7) is 0.450. The van der Waals surface area contributed by atoms with Gasteiger partial charge in [-0.3, -0.25) is 10.8 Å². The van der Waals surface area contributed by atoms with Gasteiger partial charge in [0.05, 0.1) is 10.4 Å². The summed E-state index contributed by atoms with van der Waals surface area (Å²) in [6, 6.07) is 0. The Kier molecular flexibility index (Phi) is 12.1. The van der Waals surface area contributed by atoms with E-state index >= 15 is 0 Å². The van der Waals surface area contributed by atoms with Gasteiger partial charge in [0.15, 0.2) is 0 Å². The third-order valence-electron chi connectivity index (χ3n) is 2.87. The minimum absolute atomic E-state index is 0. The van der Waals surface area contributed by atoms with Crippen LogP contribution in [-0.2, 0) is 26.8 Å². The molecule has 0 spiro atoms. The summed E-state index contributed by atoms with van der Waals surface area (Å²) in [5.41, 5.74) is -2.64. The van der Waals surface area contributed by atoms with E-state index in [-0.39, 0.29) is 40.5 Å². The summed E-state index contributed by atoms with van der Waals surface area (Å²) in [5, 5.41) is 9.88. The van der Waals surface area contributed by atoms with Gasteiger partial charge in [0.1, 0.15) is 10.5 Å². The second-order valence-electron chi connectivity index (χ2n) is 5.49. The first-order chi connectivity index (χ1) is 13.3. The van der Waals surface area contributed by atoms with Crippen LogP contribution in [0.25, 0.3) is 0 Å². The van der Waals surface area contributed by atoms with Crippen LogP contribution in [0, 0.1) is 59.3 Å². The number of phosphoric acid groups is 3. The van der Waals surface area contributed by atoms with Crippen molar-refractivity contribution in [3.05, 3.63) is 34.4 Å². The van der Waals surface area contributed by atoms with Crippen LogP contribution in [0.2, 0.25) is 0 Å². The number of alkyl halides is 1. The van der Waals surface area contributed by atoms with Gasteiger partial charge in [-0.05, 0) is 13.0 Å². The number of aromatic nitrogens is 2. The van der Waals surface area contributed by atoms with Gasteiger partial charge in [0, 0.05) is 0 Å². The zero-order valence-electron chi connectivity index (χ0n) is 15.1. The topological polar surface area (TPSA) is 201 Å². The number of nitrogens with one attached hydrogen (secondary N) is 1. The van der Waals surface area contributed by atoms with Gasteiger partial charge in [-0.25, -0.2) is 18.1 Å². The van der Waals surface area contributed by atoms with Crippen molar-refractivity contribution in [2.75, 3.05) is 6.61 Å². The average molecular weight is 772 g/mol. The minimum atomic E-state index is -5.71. The Morgan fingerprint density at radius 3 is 2.29 bits per heavy atom. The van der Waals surface area contributed by atoms with Crippen molar-refractivity contribution in [2.45, 2.75) is 18.7 Å². The molecule has 1 aromatic heterocycles. The fourth-order valence-corrected chi connectivity index (χ4v) is 5.06. The summed E-state index contributed by atoms with van der Waals surface area (Å²) in [4.78, 5) is 37.3. The van der Waals surface area contributed by atoms with E-state index in [9.17, 15) is 32.5 Å². The Labute approximate surface area is 207 Å². The Bertz CT molecular complexity index is 1030. The number of H-pyrrole nitrogens is 1. The van der Waals surface area contributed by atoms with Gasteiger partial charge in [-0.2, -0.15) is 8.62 Å². The maximum atomic E-state index is 14.7. The molecule has 0 fully saturated rings. The Morgan fingerprint density at radius 1 is 1.23 bits per heavy atom. The van der Waals surface area contributed by atoms with Crippen LogP contribution < -0.4 is 0 Å². The monoisotopic (exact) mass is 772 g/mol. The van der Waals surface area contributed by atoms with Crippen molar-refractivity contribution >= 4 is 47.9 Å². The van der Waals surface area contributed by atoms with Crippen LogP contribution in [-0.4, -0.2) is 52.6 Å². The SMILES string of the molecule is CC(F)([CH-]n1cc(F)c(=S)[nH]c1=S)[C@@H](O)[CH-]COP(=O)(O)OP(=O)(O)OP(=O)(O)O.[U+2]. The maximum Gasteiger partial charge on any atom is 2.00 e. The molecule has 0 aliphatic rings. The number of halogens is 2. The summed E-state index contributed by atoms with van der Waals surface area (Å²) in [6.07, 6.45) is -0.712. The number of hydrogen-bond donors (Lipinski definition) is 6. The zero-order valence-corrected chi connectivity index (χ0v) is 23.5. The van der Waals surface area contributed by atoms with E-state index in [4.69, 9.17) is 26.9 Å². The summed E-state index contributed by atoms with van der Waals surface area (Å²) < 4.78 is 72.7. The van der Waals surface area contributed by atoms with Crippen LogP contribution in [0.1, 0.15) is 6.92 Å². The van der Waals surface area contributed by atoms with Crippen molar-refractivity contribution in [2.24, 2.45) is 0 Å². The minimum Gasteiger partial charge on any atom is -0.457 e. The number of rotatable bonds is 11. The first-order valence-corrected chi connectivity index (χ1v) is 12.5. The molecule has 0 aliphatic carbocycles. The largest absolute Gasteiger partial charge is 2.00 e. The standard InChI is InChI=1S/C10H15F2N2O11P3S2.U/c1-10(12,5-14-4-6(11)8(29)13-9(14)30)7(15)2-3-23-27(19,20)25-28(21,22)24-26(16,17)18;/h2,4-5,7,15H,3H2,1H3,(H,19,20)(H,21,22)(H,13,29,30)(H2,16,17,18);/q-2;+2/t7-,10?;/m0./s1. The number of aromatic amines is 1. The first-order valence-electron chi connectivity index (χ1n) is 7.19. The Balaban J connectivity index is 0.00000900. The first kappa shape index (κ1) is 31.7. The molecule has 0 aliphatic heterocycles. The molecular formula is C10H15F2N2O11P3S2U. The second kappa shape index (κ2) is 11.9. The molecule has 4 atom stereocenters. The van der Waals surface area contributed by atoms with Crippen molar-refractivity contribution in [3.63, 3.8) is 0 Å². The average Bonchev–Trinajstić information content (AvgIpc) is 2.48. The van der Waals surface area contributed by atoms with E-state index in [2.05, 4.69) is 30.3 Å². The van der Waals surface area contributed by atoms with Gasteiger partial charge >= 0.3 is 54.6 Å². The molecule has 1 heterocycles. The number of phosphoric ester groups is 1. The van der Waals surface area contributed by atoms with E-state index in [1.165, 1.54) is 0 Å². The van der Waals surface area contributed by atoms with Crippen molar-refractivity contribution in [3.8, 4) is 0 Å². The molecule has 6 N–H and O–H groups in total. The Hall–Kier alpha value is 0.672. The van der Waals surface area contributed by atoms with E-state index in [0.717, 1.165) is 17.7 Å². The molecule has 0 aromatic carbocycles. The predicted molar refractivity (Wildman–Crippen MR) is 99.7 cm³/mol. The van der Waals surface area contributed by atoms with Crippen LogP contribution in [0.15, 0.2) is 6.20 Å². The third-order valence-corrected chi connectivity index (χ3v) is 7.28.